The molecule has 0 rings (SSSR count). The molecule has 0 heterocycles. The van der Waals surface area contributed by atoms with Crippen LogP contribution in [0.5, 0.6) is 0 Å². The van der Waals surface area contributed by atoms with E-state index in [9.17, 15) is 9.59 Å². The molecule has 0 bridgehead atoms. The van der Waals surface area contributed by atoms with Crippen molar-refractivity contribution in [3.63, 3.8) is 0 Å². The first-order valence-corrected chi connectivity index (χ1v) is 10.5. The highest BCUT2D eigenvalue weighted by atomic mass is 35.5. The first-order valence-electron chi connectivity index (χ1n) is 10.1. The quantitative estimate of drug-likeness (QED) is 0.142. The van der Waals surface area contributed by atoms with Gasteiger partial charge in [0.1, 0.15) is 4.87 Å². The van der Waals surface area contributed by atoms with Gasteiger partial charge in [0.25, 0.3) is 0 Å². The van der Waals surface area contributed by atoms with Crippen molar-refractivity contribution in [1.29, 1.82) is 0 Å². The van der Waals surface area contributed by atoms with E-state index in [0.29, 0.717) is 12.8 Å². The summed E-state index contributed by atoms with van der Waals surface area (Å²) in [4.78, 5) is 31.9. The fraction of sp³-hybridized carbons (Fsp3) is 0.900. The van der Waals surface area contributed by atoms with Crippen molar-refractivity contribution in [2.24, 2.45) is 0 Å². The molecule has 0 aliphatic rings. The first kappa shape index (κ1) is 24.2. The number of halogens is 1. The number of hydrogen-bond donors (Lipinski definition) is 0. The van der Waals surface area contributed by atoms with Crippen LogP contribution in [0.25, 0.3) is 0 Å². The van der Waals surface area contributed by atoms with Gasteiger partial charge in [-0.1, -0.05) is 85.0 Å². The molecule has 0 aliphatic heterocycles. The molecular weight excluding hydrogens is 340 g/mol. The lowest BCUT2D eigenvalue weighted by Crippen LogP contribution is -2.34. The van der Waals surface area contributed by atoms with E-state index < -0.39 is 16.8 Å². The first-order chi connectivity index (χ1) is 12.0. The molecule has 0 N–H and O–H groups in total. The highest BCUT2D eigenvalue weighted by molar-refractivity contribution is 6.33. The van der Waals surface area contributed by atoms with Crippen molar-refractivity contribution >= 4 is 23.5 Å². The molecule has 0 aromatic carbocycles. The third kappa shape index (κ3) is 12.3. The molecule has 0 fully saturated rings. The average Bonchev–Trinajstić information content (AvgIpc) is 2.62. The molecule has 0 spiro atoms. The summed E-state index contributed by atoms with van der Waals surface area (Å²) in [6.07, 6.45) is 13.6. The standard InChI is InChI=1S/C20H37ClO4/c1-4-7-9-10-11-12-13-14-15-16-18(22)24-25-19(23)20(21,6-3)17-8-5-2/h4-17H2,1-3H3. The zero-order chi connectivity index (χ0) is 19.0. The summed E-state index contributed by atoms with van der Waals surface area (Å²) in [5.41, 5.74) is 0. The van der Waals surface area contributed by atoms with Crippen LogP contribution >= 0.6 is 11.6 Å². The Balaban J connectivity index is 3.73. The molecule has 1 atom stereocenters. The van der Waals surface area contributed by atoms with E-state index in [1.54, 1.807) is 0 Å². The van der Waals surface area contributed by atoms with E-state index in [2.05, 4.69) is 16.7 Å². The van der Waals surface area contributed by atoms with Crippen LogP contribution < -0.4 is 0 Å². The molecule has 0 saturated carbocycles. The maximum absolute atomic E-state index is 12.0. The Morgan fingerprint density at radius 2 is 1.28 bits per heavy atom. The zero-order valence-electron chi connectivity index (χ0n) is 16.4. The molecule has 1 unspecified atom stereocenters. The van der Waals surface area contributed by atoms with Gasteiger partial charge in [0.05, 0.1) is 6.42 Å². The van der Waals surface area contributed by atoms with E-state index in [-0.39, 0.29) is 6.42 Å². The van der Waals surface area contributed by atoms with Gasteiger partial charge in [-0.2, -0.15) is 0 Å². The van der Waals surface area contributed by atoms with Crippen molar-refractivity contribution < 1.29 is 19.4 Å². The van der Waals surface area contributed by atoms with Gasteiger partial charge in [0.15, 0.2) is 0 Å². The van der Waals surface area contributed by atoms with Gasteiger partial charge in [-0.3, -0.25) is 0 Å². The number of rotatable bonds is 15. The molecule has 0 amide bonds. The minimum Gasteiger partial charge on any atom is -0.247 e. The van der Waals surface area contributed by atoms with Crippen LogP contribution in [0.1, 0.15) is 111 Å². The molecule has 0 saturated heterocycles. The van der Waals surface area contributed by atoms with E-state index in [1.165, 1.54) is 38.5 Å². The minimum atomic E-state index is -1.09. The Hall–Kier alpha value is -0.770. The van der Waals surface area contributed by atoms with Gasteiger partial charge in [0, 0.05) is 0 Å². The SMILES string of the molecule is CCCCCCCCCCCC(=O)OOC(=O)C(Cl)(CC)CCCC. The second-order valence-electron chi connectivity index (χ2n) is 6.83. The van der Waals surface area contributed by atoms with Crippen LogP contribution in [-0.2, 0) is 19.4 Å². The highest BCUT2D eigenvalue weighted by Gasteiger charge is 2.37. The van der Waals surface area contributed by atoms with Crippen LogP contribution in [-0.4, -0.2) is 16.8 Å². The lowest BCUT2D eigenvalue weighted by atomic mass is 9.99. The van der Waals surface area contributed by atoms with Crippen LogP contribution in [0.3, 0.4) is 0 Å². The van der Waals surface area contributed by atoms with Crippen LogP contribution in [0.15, 0.2) is 0 Å². The van der Waals surface area contributed by atoms with Gasteiger partial charge in [-0.15, -0.1) is 11.6 Å². The van der Waals surface area contributed by atoms with Crippen molar-refractivity contribution in [3.8, 4) is 0 Å². The Morgan fingerprint density at radius 3 is 1.80 bits per heavy atom. The van der Waals surface area contributed by atoms with Crippen molar-refractivity contribution in [1.82, 2.24) is 0 Å². The third-order valence-corrected chi connectivity index (χ3v) is 5.16. The Bertz CT molecular complexity index is 360. The number of alkyl halides is 1. The highest BCUT2D eigenvalue weighted by Crippen LogP contribution is 2.28. The predicted octanol–water partition coefficient (Wildman–Crippen LogP) is 6.49. The van der Waals surface area contributed by atoms with Crippen LogP contribution in [0.2, 0.25) is 0 Å². The number of hydrogen-bond acceptors (Lipinski definition) is 4. The second kappa shape index (κ2) is 15.5. The summed E-state index contributed by atoms with van der Waals surface area (Å²) in [5, 5.41) is 0. The molecule has 0 aromatic rings. The van der Waals surface area contributed by atoms with Crippen molar-refractivity contribution in [2.45, 2.75) is 116 Å². The van der Waals surface area contributed by atoms with Gasteiger partial charge < -0.3 is 0 Å². The fourth-order valence-electron chi connectivity index (χ4n) is 2.66. The monoisotopic (exact) mass is 376 g/mol. The van der Waals surface area contributed by atoms with E-state index in [4.69, 9.17) is 11.6 Å². The topological polar surface area (TPSA) is 52.6 Å². The van der Waals surface area contributed by atoms with Crippen molar-refractivity contribution in [3.05, 3.63) is 0 Å². The summed E-state index contributed by atoms with van der Waals surface area (Å²) in [6.45, 7) is 6.08. The summed E-state index contributed by atoms with van der Waals surface area (Å²) in [6, 6.07) is 0. The second-order valence-corrected chi connectivity index (χ2v) is 7.55. The Labute approximate surface area is 158 Å². The largest absolute Gasteiger partial charge is 0.376 e. The van der Waals surface area contributed by atoms with E-state index in [1.807, 2.05) is 13.8 Å². The van der Waals surface area contributed by atoms with Crippen LogP contribution in [0, 0.1) is 0 Å². The van der Waals surface area contributed by atoms with Crippen molar-refractivity contribution in [2.75, 3.05) is 0 Å². The molecule has 0 aromatic heterocycles. The van der Waals surface area contributed by atoms with Crippen LogP contribution in [0.4, 0.5) is 0 Å². The minimum absolute atomic E-state index is 0.277. The molecule has 0 radical (unpaired) electrons. The molecular formula is C20H37ClO4. The normalized spacial score (nSPS) is 13.3. The maximum Gasteiger partial charge on any atom is 0.376 e. The van der Waals surface area contributed by atoms with Gasteiger partial charge in [-0.05, 0) is 19.3 Å². The lowest BCUT2D eigenvalue weighted by Gasteiger charge is -2.21. The maximum atomic E-state index is 12.0. The smallest absolute Gasteiger partial charge is 0.247 e. The van der Waals surface area contributed by atoms with Gasteiger partial charge in [-0.25, -0.2) is 19.4 Å². The summed E-state index contributed by atoms with van der Waals surface area (Å²) in [5.74, 6) is -1.16. The molecule has 5 heteroatoms. The number of unbranched alkanes of at least 4 members (excludes halogenated alkanes) is 9. The third-order valence-electron chi connectivity index (χ3n) is 4.55. The number of carbonyl (C=O) groups excluding carboxylic acids is 2. The Morgan fingerprint density at radius 1 is 0.760 bits per heavy atom. The fourth-order valence-corrected chi connectivity index (χ4v) is 2.83. The lowest BCUT2D eigenvalue weighted by molar-refractivity contribution is -0.261. The number of carbonyl (C=O) groups is 2. The molecule has 0 aliphatic carbocycles. The molecule has 4 nitrogen and oxygen atoms in total. The predicted molar refractivity (Wildman–Crippen MR) is 102 cm³/mol. The van der Waals surface area contributed by atoms with Gasteiger partial charge >= 0.3 is 11.9 Å². The Kier molecular flexibility index (Phi) is 15.0. The van der Waals surface area contributed by atoms with E-state index >= 15 is 0 Å². The zero-order valence-corrected chi connectivity index (χ0v) is 17.2. The average molecular weight is 377 g/mol. The summed E-state index contributed by atoms with van der Waals surface area (Å²) in [7, 11) is 0. The van der Waals surface area contributed by atoms with Gasteiger partial charge in [0.2, 0.25) is 0 Å². The molecule has 25 heavy (non-hydrogen) atoms. The summed E-state index contributed by atoms with van der Waals surface area (Å²) >= 11 is 6.28. The summed E-state index contributed by atoms with van der Waals surface area (Å²) < 4.78 is 0. The van der Waals surface area contributed by atoms with E-state index in [0.717, 1.165) is 32.1 Å². The molecule has 148 valence electrons.